The summed E-state index contributed by atoms with van der Waals surface area (Å²) >= 11 is 0. The van der Waals surface area contributed by atoms with Crippen molar-refractivity contribution in [3.05, 3.63) is 53.7 Å². The molecule has 2 aliphatic rings. The van der Waals surface area contributed by atoms with Crippen LogP contribution in [0.5, 0.6) is 0 Å². The van der Waals surface area contributed by atoms with E-state index >= 15 is 0 Å². The number of amides is 2. The first-order chi connectivity index (χ1) is 13.0. The van der Waals surface area contributed by atoms with Gasteiger partial charge in [-0.15, -0.1) is 0 Å². The van der Waals surface area contributed by atoms with E-state index in [9.17, 15) is 18.4 Å². The van der Waals surface area contributed by atoms with Gasteiger partial charge in [-0.05, 0) is 37.5 Å². The Kier molecular flexibility index (Phi) is 4.41. The topological polar surface area (TPSA) is 66.7 Å². The molecule has 2 amide bonds. The highest BCUT2D eigenvalue weighted by Crippen LogP contribution is 2.42. The highest BCUT2D eigenvalue weighted by atomic mass is 19.1. The van der Waals surface area contributed by atoms with Gasteiger partial charge in [0.15, 0.2) is 6.39 Å². The number of rotatable bonds is 3. The van der Waals surface area contributed by atoms with Crippen LogP contribution in [0.2, 0.25) is 0 Å². The van der Waals surface area contributed by atoms with Gasteiger partial charge in [-0.25, -0.2) is 13.8 Å². The third-order valence-corrected chi connectivity index (χ3v) is 5.62. The van der Waals surface area contributed by atoms with Crippen LogP contribution >= 0.6 is 0 Å². The highest BCUT2D eigenvalue weighted by molar-refractivity contribution is 5.91. The van der Waals surface area contributed by atoms with E-state index in [1.54, 1.807) is 9.80 Å². The van der Waals surface area contributed by atoms with Gasteiger partial charge in [-0.1, -0.05) is 0 Å². The molecular formula is C19H19F2N3O3. The summed E-state index contributed by atoms with van der Waals surface area (Å²) in [6.07, 6.45) is 4.35. The Balaban J connectivity index is 1.42. The standard InChI is InChI=1S/C19H19F2N3O3/c20-14-1-2-15(21)13(9-14)11-24-8-5-19(18(24)26)3-6-23(7-4-19)17(25)16-10-22-12-27-16/h1-2,9-10,12H,3-8,11H2. The molecule has 2 aromatic rings. The summed E-state index contributed by atoms with van der Waals surface area (Å²) < 4.78 is 32.3. The lowest BCUT2D eigenvalue weighted by molar-refractivity contribution is -0.138. The van der Waals surface area contributed by atoms with Crippen LogP contribution in [-0.2, 0) is 11.3 Å². The smallest absolute Gasteiger partial charge is 0.291 e. The second kappa shape index (κ2) is 6.75. The van der Waals surface area contributed by atoms with E-state index < -0.39 is 17.0 Å². The number of benzene rings is 1. The average molecular weight is 375 g/mol. The Morgan fingerprint density at radius 2 is 1.93 bits per heavy atom. The van der Waals surface area contributed by atoms with Gasteiger partial charge in [-0.2, -0.15) is 0 Å². The lowest BCUT2D eigenvalue weighted by atomic mass is 9.77. The van der Waals surface area contributed by atoms with Gasteiger partial charge in [0.05, 0.1) is 11.6 Å². The quantitative estimate of drug-likeness (QED) is 0.827. The van der Waals surface area contributed by atoms with E-state index in [0.717, 1.165) is 18.2 Å². The molecule has 2 aliphatic heterocycles. The van der Waals surface area contributed by atoms with Crippen LogP contribution in [0, 0.1) is 17.0 Å². The molecule has 0 bridgehead atoms. The maximum absolute atomic E-state index is 13.9. The van der Waals surface area contributed by atoms with Crippen molar-refractivity contribution in [3.8, 4) is 0 Å². The normalized spacial score (nSPS) is 19.1. The van der Waals surface area contributed by atoms with Crippen LogP contribution in [0.1, 0.15) is 35.4 Å². The van der Waals surface area contributed by atoms with Crippen LogP contribution in [-0.4, -0.2) is 46.2 Å². The van der Waals surface area contributed by atoms with Gasteiger partial charge >= 0.3 is 0 Å². The SMILES string of the molecule is O=C(c1cnco1)N1CCC2(CC1)CCN(Cc1cc(F)ccc1F)C2=O. The molecule has 27 heavy (non-hydrogen) atoms. The van der Waals surface area contributed by atoms with Gasteiger partial charge in [0.25, 0.3) is 5.91 Å². The molecule has 0 radical (unpaired) electrons. The molecule has 4 rings (SSSR count). The Morgan fingerprint density at radius 3 is 2.63 bits per heavy atom. The predicted molar refractivity (Wildman–Crippen MR) is 90.5 cm³/mol. The van der Waals surface area contributed by atoms with Gasteiger partial charge < -0.3 is 14.2 Å². The van der Waals surface area contributed by atoms with E-state index in [4.69, 9.17) is 4.42 Å². The van der Waals surface area contributed by atoms with Crippen LogP contribution in [0.25, 0.3) is 0 Å². The van der Waals surface area contributed by atoms with E-state index in [1.165, 1.54) is 12.6 Å². The fraction of sp³-hybridized carbons (Fsp3) is 0.421. The van der Waals surface area contributed by atoms with Crippen molar-refractivity contribution in [1.82, 2.24) is 14.8 Å². The molecule has 1 aromatic heterocycles. The number of likely N-dealkylation sites (tertiary alicyclic amines) is 2. The van der Waals surface area contributed by atoms with Gasteiger partial charge in [0.2, 0.25) is 11.7 Å². The lowest BCUT2D eigenvalue weighted by Gasteiger charge is -2.37. The zero-order valence-corrected chi connectivity index (χ0v) is 14.7. The number of carbonyl (C=O) groups is 2. The van der Waals surface area contributed by atoms with Crippen molar-refractivity contribution < 1.29 is 22.8 Å². The molecule has 142 valence electrons. The number of halogens is 2. The zero-order valence-electron chi connectivity index (χ0n) is 14.7. The zero-order chi connectivity index (χ0) is 19.0. The first-order valence-corrected chi connectivity index (χ1v) is 8.90. The van der Waals surface area contributed by atoms with Gasteiger partial charge in [0, 0.05) is 31.7 Å². The van der Waals surface area contributed by atoms with E-state index in [0.29, 0.717) is 38.9 Å². The summed E-state index contributed by atoms with van der Waals surface area (Å²) in [5.41, 5.74) is -0.347. The van der Waals surface area contributed by atoms with Crippen molar-refractivity contribution in [2.45, 2.75) is 25.8 Å². The van der Waals surface area contributed by atoms with Crippen LogP contribution in [0.15, 0.2) is 35.2 Å². The molecule has 0 atom stereocenters. The fourth-order valence-electron chi connectivity index (χ4n) is 3.99. The van der Waals surface area contributed by atoms with E-state index in [2.05, 4.69) is 4.98 Å². The fourth-order valence-corrected chi connectivity index (χ4v) is 3.99. The maximum atomic E-state index is 13.9. The molecule has 8 heteroatoms. The van der Waals surface area contributed by atoms with Gasteiger partial charge in [-0.3, -0.25) is 9.59 Å². The molecule has 0 saturated carbocycles. The average Bonchev–Trinajstić information content (AvgIpc) is 3.30. The van der Waals surface area contributed by atoms with Crippen molar-refractivity contribution in [1.29, 1.82) is 0 Å². The molecule has 0 N–H and O–H groups in total. The first-order valence-electron chi connectivity index (χ1n) is 8.90. The molecule has 0 aliphatic carbocycles. The van der Waals surface area contributed by atoms with Crippen molar-refractivity contribution in [3.63, 3.8) is 0 Å². The summed E-state index contributed by atoms with van der Waals surface area (Å²) in [5, 5.41) is 0. The second-order valence-corrected chi connectivity index (χ2v) is 7.15. The summed E-state index contributed by atoms with van der Waals surface area (Å²) in [7, 11) is 0. The number of hydrogen-bond donors (Lipinski definition) is 0. The van der Waals surface area contributed by atoms with Crippen LogP contribution in [0.4, 0.5) is 8.78 Å². The Morgan fingerprint density at radius 1 is 1.19 bits per heavy atom. The molecule has 6 nitrogen and oxygen atoms in total. The number of aromatic nitrogens is 1. The second-order valence-electron chi connectivity index (χ2n) is 7.15. The van der Waals surface area contributed by atoms with E-state index in [-0.39, 0.29) is 29.7 Å². The lowest BCUT2D eigenvalue weighted by Crippen LogP contribution is -2.46. The summed E-state index contributed by atoms with van der Waals surface area (Å²) in [4.78, 5) is 32.3. The molecular weight excluding hydrogens is 356 g/mol. The van der Waals surface area contributed by atoms with E-state index in [1.807, 2.05) is 0 Å². The highest BCUT2D eigenvalue weighted by Gasteiger charge is 2.48. The van der Waals surface area contributed by atoms with Crippen LogP contribution < -0.4 is 0 Å². The predicted octanol–water partition coefficient (Wildman–Crippen LogP) is 2.61. The summed E-state index contributed by atoms with van der Waals surface area (Å²) in [6.45, 7) is 1.47. The Hall–Kier alpha value is -2.77. The molecule has 2 fully saturated rings. The van der Waals surface area contributed by atoms with Crippen molar-refractivity contribution in [2.24, 2.45) is 5.41 Å². The first kappa shape index (κ1) is 17.6. The molecule has 1 spiro atoms. The molecule has 3 heterocycles. The number of nitrogens with zero attached hydrogens (tertiary/aromatic N) is 3. The number of piperidine rings is 1. The maximum Gasteiger partial charge on any atom is 0.291 e. The Bertz CT molecular complexity index is 861. The number of hydrogen-bond acceptors (Lipinski definition) is 4. The number of carbonyl (C=O) groups excluding carboxylic acids is 2. The Labute approximate surface area is 154 Å². The minimum absolute atomic E-state index is 0.0436. The van der Waals surface area contributed by atoms with Crippen molar-refractivity contribution >= 4 is 11.8 Å². The molecule has 1 aromatic carbocycles. The minimum Gasteiger partial charge on any atom is -0.438 e. The molecule has 2 saturated heterocycles. The minimum atomic E-state index is -0.526. The third kappa shape index (κ3) is 3.20. The summed E-state index contributed by atoms with van der Waals surface area (Å²) in [6, 6.07) is 3.27. The van der Waals surface area contributed by atoms with Crippen LogP contribution in [0.3, 0.4) is 0 Å². The summed E-state index contributed by atoms with van der Waals surface area (Å²) in [5.74, 6) is -1.12. The molecule has 0 unspecified atom stereocenters. The van der Waals surface area contributed by atoms with Crippen molar-refractivity contribution in [2.75, 3.05) is 19.6 Å². The van der Waals surface area contributed by atoms with Gasteiger partial charge in [0.1, 0.15) is 11.6 Å². The largest absolute Gasteiger partial charge is 0.438 e. The third-order valence-electron chi connectivity index (χ3n) is 5.62. The monoisotopic (exact) mass is 375 g/mol. The number of oxazole rings is 1.